The Labute approximate surface area is 483 Å². The standard InChI is InChI=1S/C60H65Cl2N5O15/c1-8-29(17-27(2)3)56(72)66-51-41(68)23-34(26-48(63)69)57(73)64-40-13-12-35-30-9-14-42(78-5)36(20-30)49-37(18-28(4)19-45(49)79-6)50(60(76)77)65-59(75)52(67-58(35)74)54(71)32-11-16-44(39(62)22-32)82-47-25-33(40)24-46(55(47)80-7)81-43-15-10-31(53(51)70)21-38(43)61/h9-11,14-16,18-22,24-25,27,29,34-35,40,50-54,70-71H,8,12-13,17,23,26H2,1-7H3,(H2,63,69)(H,64,73)(H,65,75)(H,66,72)(H,67,74)(H,76,77)/t29-,34-,35+,40-,50+,51-,52-,53+,54+/m0/s1. The number of methoxy groups -OCH3 is 3. The quantitative estimate of drug-likeness (QED) is 0.0619. The summed E-state index contributed by atoms with van der Waals surface area (Å²) in [5.41, 5.74) is 7.62. The molecule has 5 amide bonds. The third-order valence-electron chi connectivity index (χ3n) is 15.0. The number of rotatable bonds is 11. The number of aliphatic hydroxyl groups is 2. The van der Waals surface area contributed by atoms with Crippen LogP contribution in [0.1, 0.15) is 123 Å². The van der Waals surface area contributed by atoms with Crippen LogP contribution in [0.5, 0.6) is 40.2 Å². The van der Waals surface area contributed by atoms with Gasteiger partial charge >= 0.3 is 5.97 Å². The molecule has 0 unspecified atom stereocenters. The van der Waals surface area contributed by atoms with Gasteiger partial charge in [0.25, 0.3) is 0 Å². The Morgan fingerprint density at radius 3 is 1.91 bits per heavy atom. The highest BCUT2D eigenvalue weighted by Crippen LogP contribution is 2.49. The molecule has 5 aliphatic rings. The molecular formula is C60H65Cl2N5O15. The maximum Gasteiger partial charge on any atom is 0.330 e. The number of hydrogen-bond acceptors (Lipinski definition) is 14. The summed E-state index contributed by atoms with van der Waals surface area (Å²) < 4.78 is 30.7. The second kappa shape index (κ2) is 25.5. The van der Waals surface area contributed by atoms with E-state index in [0.717, 1.165) is 0 Å². The summed E-state index contributed by atoms with van der Waals surface area (Å²) in [6.07, 6.45) is -4.42. The van der Waals surface area contributed by atoms with Crippen LogP contribution in [0.3, 0.4) is 0 Å². The highest BCUT2D eigenvalue weighted by molar-refractivity contribution is 6.32. The highest BCUT2D eigenvalue weighted by atomic mass is 35.5. The molecule has 82 heavy (non-hydrogen) atoms. The molecule has 0 aliphatic carbocycles. The van der Waals surface area contributed by atoms with Crippen molar-refractivity contribution in [2.24, 2.45) is 23.5 Å². The first-order chi connectivity index (χ1) is 39.0. The zero-order valence-electron chi connectivity index (χ0n) is 46.1. The van der Waals surface area contributed by atoms with E-state index in [0.29, 0.717) is 24.0 Å². The van der Waals surface area contributed by atoms with Gasteiger partial charge in [-0.2, -0.15) is 0 Å². The van der Waals surface area contributed by atoms with E-state index < -0.39 is 108 Å². The molecule has 5 aromatic rings. The number of Topliss-reactive ketones (excluding diaryl/α,β-unsaturated/α-hetero) is 1. The lowest BCUT2D eigenvalue weighted by Crippen LogP contribution is -2.53. The van der Waals surface area contributed by atoms with Gasteiger partial charge in [0.1, 0.15) is 47.3 Å². The molecule has 0 radical (unpaired) electrons. The summed E-state index contributed by atoms with van der Waals surface area (Å²) in [7, 11) is 4.14. The van der Waals surface area contributed by atoms with Crippen molar-refractivity contribution in [3.8, 4) is 51.4 Å². The molecule has 0 aromatic heterocycles. The number of fused-ring (bicyclic) bond motifs is 15. The Morgan fingerprint density at radius 1 is 0.732 bits per heavy atom. The monoisotopic (exact) mass is 1170 g/mol. The zero-order valence-corrected chi connectivity index (χ0v) is 47.6. The number of hydrogen-bond donors (Lipinski definition) is 8. The topological polar surface area (TPSA) is 300 Å². The van der Waals surface area contributed by atoms with Crippen LogP contribution in [0.2, 0.25) is 10.0 Å². The van der Waals surface area contributed by atoms with Crippen molar-refractivity contribution in [1.82, 2.24) is 21.3 Å². The van der Waals surface area contributed by atoms with Crippen molar-refractivity contribution in [1.29, 1.82) is 0 Å². The second-order valence-corrected chi connectivity index (χ2v) is 21.9. The maximum absolute atomic E-state index is 15.3. The first-order valence-electron chi connectivity index (χ1n) is 26.7. The number of aliphatic carboxylic acids is 1. The van der Waals surface area contributed by atoms with Gasteiger partial charge in [0.05, 0.1) is 49.3 Å². The van der Waals surface area contributed by atoms with E-state index in [9.17, 15) is 39.3 Å². The van der Waals surface area contributed by atoms with E-state index in [-0.39, 0.29) is 102 Å². The molecule has 0 spiro atoms. The number of amides is 5. The number of nitrogens with two attached hydrogens (primary N) is 1. The zero-order chi connectivity index (χ0) is 59.4. The molecule has 0 saturated heterocycles. The van der Waals surface area contributed by atoms with Gasteiger partial charge in [-0.05, 0) is 127 Å². The normalized spacial score (nSPS) is 22.2. The first kappa shape index (κ1) is 60.2. The Morgan fingerprint density at radius 2 is 1.35 bits per heavy atom. The number of aryl methyl sites for hydroxylation is 1. The van der Waals surface area contributed by atoms with Crippen LogP contribution in [0.4, 0.5) is 0 Å². The predicted octanol–water partition coefficient (Wildman–Crippen LogP) is 8.14. The van der Waals surface area contributed by atoms with Crippen molar-refractivity contribution in [2.45, 2.75) is 109 Å². The smallest absolute Gasteiger partial charge is 0.330 e. The molecule has 9 atom stereocenters. The van der Waals surface area contributed by atoms with Gasteiger partial charge in [0, 0.05) is 29.9 Å². The maximum atomic E-state index is 15.3. The summed E-state index contributed by atoms with van der Waals surface area (Å²) in [6.45, 7) is 7.43. The largest absolute Gasteiger partial charge is 0.496 e. The van der Waals surface area contributed by atoms with E-state index in [1.807, 2.05) is 20.8 Å². The van der Waals surface area contributed by atoms with Crippen LogP contribution in [-0.2, 0) is 33.6 Å². The number of ketones is 1. The summed E-state index contributed by atoms with van der Waals surface area (Å²) >= 11 is 13.9. The minimum absolute atomic E-state index is 0.0166. The molecule has 0 fully saturated rings. The third-order valence-corrected chi connectivity index (χ3v) is 15.6. The van der Waals surface area contributed by atoms with E-state index in [2.05, 4.69) is 21.3 Å². The van der Waals surface area contributed by atoms with E-state index in [1.165, 1.54) is 69.9 Å². The van der Waals surface area contributed by atoms with Crippen molar-refractivity contribution < 1.29 is 72.6 Å². The molecule has 22 heteroatoms. The fourth-order valence-corrected chi connectivity index (χ4v) is 11.3. The van der Waals surface area contributed by atoms with Crippen molar-refractivity contribution >= 4 is 64.5 Å². The van der Waals surface area contributed by atoms with E-state index in [4.69, 9.17) is 52.6 Å². The summed E-state index contributed by atoms with van der Waals surface area (Å²) in [6, 6.07) is 13.0. The van der Waals surface area contributed by atoms with Crippen LogP contribution in [0.25, 0.3) is 11.1 Å². The van der Waals surface area contributed by atoms with Gasteiger partial charge in [0.15, 0.2) is 23.3 Å². The van der Waals surface area contributed by atoms with Crippen LogP contribution in [0.15, 0.2) is 78.9 Å². The van der Waals surface area contributed by atoms with Gasteiger partial charge in [-0.3, -0.25) is 28.8 Å². The molecular weight excluding hydrogens is 1100 g/mol. The lowest BCUT2D eigenvalue weighted by molar-refractivity contribution is -0.143. The molecule has 5 aliphatic heterocycles. The predicted molar refractivity (Wildman–Crippen MR) is 301 cm³/mol. The number of carbonyl (C=O) groups is 7. The molecule has 0 saturated carbocycles. The number of halogens is 2. The number of ether oxygens (including phenoxy) is 5. The van der Waals surface area contributed by atoms with Gasteiger partial charge in [-0.1, -0.05) is 68.2 Å². The highest BCUT2D eigenvalue weighted by Gasteiger charge is 2.41. The lowest BCUT2D eigenvalue weighted by Gasteiger charge is -2.31. The number of benzene rings is 5. The van der Waals surface area contributed by atoms with E-state index >= 15 is 9.59 Å². The number of primary amides is 1. The van der Waals surface area contributed by atoms with Gasteiger partial charge in [-0.15, -0.1) is 0 Å². The molecule has 9 N–H and O–H groups in total. The third kappa shape index (κ3) is 12.9. The molecule has 20 nitrogen and oxygen atoms in total. The van der Waals surface area contributed by atoms with E-state index in [1.54, 1.807) is 37.3 Å². The van der Waals surface area contributed by atoms with Crippen LogP contribution in [0, 0.1) is 24.7 Å². The molecule has 11 bridgehead atoms. The number of carboxylic acid groups (broad SMARTS) is 1. The second-order valence-electron chi connectivity index (χ2n) is 21.1. The molecule has 5 heterocycles. The van der Waals surface area contributed by atoms with Gasteiger partial charge in [-0.25, -0.2) is 4.79 Å². The fourth-order valence-electron chi connectivity index (χ4n) is 10.9. The number of carbonyl (C=O) groups excluding carboxylic acids is 6. The molecule has 434 valence electrons. The Balaban J connectivity index is 1.36. The summed E-state index contributed by atoms with van der Waals surface area (Å²) in [5, 5.41) is 46.0. The lowest BCUT2D eigenvalue weighted by atomic mass is 9.85. The average Bonchev–Trinajstić information content (AvgIpc) is 3.56. The minimum Gasteiger partial charge on any atom is -0.496 e. The molecule has 10 rings (SSSR count). The molecule has 5 aromatic carbocycles. The van der Waals surface area contributed by atoms with Crippen molar-refractivity contribution in [3.05, 3.63) is 122 Å². The van der Waals surface area contributed by atoms with Gasteiger partial charge in [0.2, 0.25) is 35.3 Å². The summed E-state index contributed by atoms with van der Waals surface area (Å²) in [4.78, 5) is 100. The van der Waals surface area contributed by atoms with Crippen LogP contribution < -0.4 is 50.7 Å². The summed E-state index contributed by atoms with van der Waals surface area (Å²) in [5.74, 6) is -9.37. The Hall–Kier alpha value is -7.91. The SMILES string of the molecule is CC[C@@H](CC(C)C)C(=O)N[C@H]1C(=O)C[C@@H](CC(N)=O)C(=O)N[C@H]2CC[C@H]3C(=O)N[C@H](C(=O)N[C@@H](C(=O)O)c4cc(C)cc(OC)c4-c4cc3ccc4OC)[C@H](O)c3ccc(c(Cl)c3)Oc3cc2cc(c3OC)Oc2ccc(cc2Cl)[C@H]1O. The number of nitrogens with one attached hydrogen (secondary N) is 4. The average molecular weight is 1170 g/mol. The fraction of sp³-hybridized carbons (Fsp3) is 0.383. The first-order valence-corrected chi connectivity index (χ1v) is 27.4. The minimum atomic E-state index is -1.88. The van der Waals surface area contributed by atoms with Gasteiger partial charge < -0.3 is 66.0 Å². The van der Waals surface area contributed by atoms with Crippen molar-refractivity contribution in [2.75, 3.05) is 21.3 Å². The van der Waals surface area contributed by atoms with Crippen LogP contribution >= 0.6 is 23.2 Å². The number of carboxylic acids is 1. The van der Waals surface area contributed by atoms with Crippen molar-refractivity contribution in [3.63, 3.8) is 0 Å². The Bertz CT molecular complexity index is 3340. The number of aliphatic hydroxyl groups excluding tert-OH is 2. The van der Waals surface area contributed by atoms with Crippen LogP contribution in [-0.4, -0.2) is 90.0 Å². The Kier molecular flexibility index (Phi) is 18.7.